The smallest absolute Gasteiger partial charge is 0.0346 e. The summed E-state index contributed by atoms with van der Waals surface area (Å²) in [6, 6.07) is 33.3. The molecule has 40 heavy (non-hydrogen) atoms. The zero-order valence-electron chi connectivity index (χ0n) is 24.8. The Hall–Kier alpha value is -2.63. The van der Waals surface area contributed by atoms with E-state index in [1.165, 1.54) is 30.1 Å². The van der Waals surface area contributed by atoms with E-state index in [1.54, 1.807) is 17.5 Å². The number of rotatable bonds is 4. The maximum absolute atomic E-state index is 8.25. The minimum absolute atomic E-state index is 0. The van der Waals surface area contributed by atoms with Crippen LogP contribution in [-0.4, -0.2) is 23.2 Å². The number of aromatic nitrogens is 2. The predicted octanol–water partition coefficient (Wildman–Crippen LogP) is 9.44. The van der Waals surface area contributed by atoms with Crippen molar-refractivity contribution in [3.63, 3.8) is 0 Å². The molecule has 3 aromatic heterocycles. The Morgan fingerprint density at radius 3 is 2.33 bits per heavy atom. The second-order valence-electron chi connectivity index (χ2n) is 11.0. The summed E-state index contributed by atoms with van der Waals surface area (Å²) in [5, 5.41) is 2.52. The molecule has 5 heteroatoms. The third kappa shape index (κ3) is 6.63. The van der Waals surface area contributed by atoms with Crippen LogP contribution >= 0.6 is 11.3 Å². The van der Waals surface area contributed by atoms with Crippen LogP contribution in [0.25, 0.3) is 42.7 Å². The summed E-state index contributed by atoms with van der Waals surface area (Å²) in [5.41, 5.74) is 6.35. The van der Waals surface area contributed by atoms with Gasteiger partial charge in [-0.05, 0) is 33.8 Å². The summed E-state index contributed by atoms with van der Waals surface area (Å²) >= 11 is 0.00574. The summed E-state index contributed by atoms with van der Waals surface area (Å²) < 4.78 is 12.2. The molecular formula is C35H34GeIrN2S-2. The first-order valence-corrected chi connectivity index (χ1v) is 21.4. The SMILES string of the molecule is Cc1cc(-c2[c-]cccc2)nc[c]1[Ge]([CH3])([CH3])[CH3].[2H]C(C)(C)c1ccnc(-c2[c-]ccc3c2sc2ccccc23)c1.[Ir]. The molecule has 0 saturated carbocycles. The Morgan fingerprint density at radius 2 is 1.62 bits per heavy atom. The van der Waals surface area contributed by atoms with Gasteiger partial charge in [-0.3, -0.25) is 0 Å². The van der Waals surface area contributed by atoms with E-state index in [-0.39, 0.29) is 20.1 Å². The van der Waals surface area contributed by atoms with Gasteiger partial charge in [0.25, 0.3) is 0 Å². The van der Waals surface area contributed by atoms with Crippen molar-refractivity contribution in [2.75, 3.05) is 0 Å². The standard InChI is InChI=1S/C20H16NS.C15H18GeN.Ir/c1-13(2)14-10-11-21-18(12-14)17-8-5-7-16-15-6-3-4-9-19(15)22-20(16)17;1-12-10-15(13-8-6-5-7-9-13)17-11-14(12)16(2,3)4;/h3-7,9-13H,1-2H3;5-8,10-11H,1-4H3;/q2*-1;/i13D;;. The molecule has 2 nitrogen and oxygen atoms in total. The summed E-state index contributed by atoms with van der Waals surface area (Å²) in [6.07, 6.45) is 3.87. The number of hydrogen-bond donors (Lipinski definition) is 0. The Kier molecular flexibility index (Phi) is 9.32. The van der Waals surface area contributed by atoms with Crippen LogP contribution in [-0.2, 0) is 20.1 Å². The van der Waals surface area contributed by atoms with Crippen molar-refractivity contribution in [1.29, 1.82) is 0 Å². The van der Waals surface area contributed by atoms with Gasteiger partial charge in [0.2, 0.25) is 0 Å². The number of hydrogen-bond acceptors (Lipinski definition) is 3. The van der Waals surface area contributed by atoms with Crippen LogP contribution in [0.2, 0.25) is 17.3 Å². The minimum Gasteiger partial charge on any atom is -0.305 e. The molecule has 0 aliphatic carbocycles. The fraction of sp³-hybridized carbons (Fsp3) is 0.200. The van der Waals surface area contributed by atoms with Crippen molar-refractivity contribution in [2.45, 2.75) is 43.9 Å². The van der Waals surface area contributed by atoms with Gasteiger partial charge >= 0.3 is 106 Å². The van der Waals surface area contributed by atoms with Gasteiger partial charge in [-0.25, -0.2) is 0 Å². The molecule has 0 spiro atoms. The van der Waals surface area contributed by atoms with Crippen molar-refractivity contribution >= 4 is 49.2 Å². The van der Waals surface area contributed by atoms with Crippen LogP contribution < -0.4 is 4.40 Å². The molecule has 3 heterocycles. The van der Waals surface area contributed by atoms with Gasteiger partial charge in [0, 0.05) is 32.4 Å². The molecule has 0 aliphatic rings. The number of benzene rings is 3. The van der Waals surface area contributed by atoms with E-state index < -0.39 is 19.2 Å². The molecule has 3 aromatic carbocycles. The Balaban J connectivity index is 0.000000193. The number of pyridine rings is 2. The first-order valence-electron chi connectivity index (χ1n) is 13.8. The fourth-order valence-electron chi connectivity index (χ4n) is 4.80. The average Bonchev–Trinajstić information content (AvgIpc) is 3.32. The first-order chi connectivity index (χ1) is 19.0. The monoisotopic (exact) mass is 782 g/mol. The van der Waals surface area contributed by atoms with Crippen molar-refractivity contribution in [3.8, 4) is 22.5 Å². The molecule has 0 unspecified atom stereocenters. The molecule has 0 fully saturated rings. The molecular weight excluding hydrogens is 745 g/mol. The number of nitrogens with zero attached hydrogens (tertiary/aromatic N) is 2. The van der Waals surface area contributed by atoms with Gasteiger partial charge < -0.3 is 4.98 Å². The zero-order chi connectivity index (χ0) is 28.5. The van der Waals surface area contributed by atoms with E-state index >= 15 is 0 Å². The van der Waals surface area contributed by atoms with Gasteiger partial charge in [0.15, 0.2) is 0 Å². The Bertz CT molecular complexity index is 1790. The Labute approximate surface area is 260 Å². The second kappa shape index (κ2) is 12.9. The number of aryl methyl sites for hydroxylation is 1. The topological polar surface area (TPSA) is 25.8 Å². The van der Waals surface area contributed by atoms with E-state index in [2.05, 4.69) is 95.0 Å². The van der Waals surface area contributed by atoms with Gasteiger partial charge in [-0.2, -0.15) is 11.3 Å². The second-order valence-corrected chi connectivity index (χ2v) is 22.7. The first kappa shape index (κ1) is 28.9. The Morgan fingerprint density at radius 1 is 0.850 bits per heavy atom. The molecule has 0 amide bonds. The maximum Gasteiger partial charge on any atom is 0.0346 e. The largest absolute Gasteiger partial charge is 0.305 e. The van der Waals surface area contributed by atoms with Crippen LogP contribution in [0, 0.1) is 19.1 Å². The zero-order valence-corrected chi connectivity index (χ0v) is 29.1. The average molecular weight is 781 g/mol. The summed E-state index contributed by atoms with van der Waals surface area (Å²) in [5.74, 6) is 6.57. The van der Waals surface area contributed by atoms with Gasteiger partial charge in [0.1, 0.15) is 0 Å². The molecule has 205 valence electrons. The number of thiophene rings is 1. The molecule has 6 aromatic rings. The molecule has 0 bridgehead atoms. The van der Waals surface area contributed by atoms with E-state index in [9.17, 15) is 0 Å². The third-order valence-electron chi connectivity index (χ3n) is 6.84. The molecule has 0 atom stereocenters. The normalized spacial score (nSPS) is 11.9. The molecule has 1 radical (unpaired) electrons. The summed E-state index contributed by atoms with van der Waals surface area (Å²) in [7, 11) is 0. The van der Waals surface area contributed by atoms with Crippen molar-refractivity contribution in [3.05, 3.63) is 115 Å². The van der Waals surface area contributed by atoms with Crippen LogP contribution in [0.3, 0.4) is 0 Å². The quantitative estimate of drug-likeness (QED) is 0.132. The number of fused-ring (bicyclic) bond motifs is 3. The van der Waals surface area contributed by atoms with E-state index in [4.69, 9.17) is 1.37 Å². The van der Waals surface area contributed by atoms with Gasteiger partial charge in [-0.15, -0.1) is 23.8 Å². The summed E-state index contributed by atoms with van der Waals surface area (Å²) in [6.45, 7) is 5.99. The maximum atomic E-state index is 8.25. The predicted molar refractivity (Wildman–Crippen MR) is 172 cm³/mol. The van der Waals surface area contributed by atoms with Crippen LogP contribution in [0.1, 0.15) is 32.2 Å². The van der Waals surface area contributed by atoms with Crippen LogP contribution in [0.4, 0.5) is 0 Å². The molecule has 0 saturated heterocycles. The van der Waals surface area contributed by atoms with E-state index in [0.29, 0.717) is 0 Å². The minimum atomic E-state index is -1.77. The van der Waals surface area contributed by atoms with E-state index in [0.717, 1.165) is 28.1 Å². The molecule has 0 N–H and O–H groups in total. The van der Waals surface area contributed by atoms with Crippen LogP contribution in [0.5, 0.6) is 0 Å². The molecule has 0 aliphatic heterocycles. The molecule has 6 rings (SSSR count). The van der Waals surface area contributed by atoms with Gasteiger partial charge in [0.05, 0.1) is 0 Å². The van der Waals surface area contributed by atoms with Crippen LogP contribution in [0.15, 0.2) is 91.3 Å². The van der Waals surface area contributed by atoms with Gasteiger partial charge in [-0.1, -0.05) is 49.1 Å². The van der Waals surface area contributed by atoms with Crippen molar-refractivity contribution in [2.24, 2.45) is 0 Å². The van der Waals surface area contributed by atoms with Crippen molar-refractivity contribution < 1.29 is 21.5 Å². The van der Waals surface area contributed by atoms with E-state index in [1.807, 2.05) is 50.2 Å². The third-order valence-corrected chi connectivity index (χ3v) is 12.5. The summed E-state index contributed by atoms with van der Waals surface area (Å²) in [4.78, 5) is 9.13. The van der Waals surface area contributed by atoms with Crippen molar-refractivity contribution in [1.82, 2.24) is 9.97 Å². The fourth-order valence-corrected chi connectivity index (χ4v) is 9.59.